The Morgan fingerprint density at radius 1 is 1.14 bits per heavy atom. The van der Waals surface area contributed by atoms with Crippen LogP contribution in [0.15, 0.2) is 18.2 Å². The van der Waals surface area contributed by atoms with E-state index in [0.717, 1.165) is 12.8 Å². The van der Waals surface area contributed by atoms with Crippen LogP contribution in [-0.2, 0) is 4.79 Å². The summed E-state index contributed by atoms with van der Waals surface area (Å²) in [5.74, 6) is 0.920. The maximum absolute atomic E-state index is 13.2. The molecule has 3 rings (SSSR count). The Hall–Kier alpha value is -1.99. The first-order valence-electron chi connectivity index (χ1n) is 9.86. The molecule has 2 aliphatic rings. The monoisotopic (exact) mass is 425 g/mol. The van der Waals surface area contributed by atoms with Gasteiger partial charge in [-0.15, -0.1) is 12.4 Å². The van der Waals surface area contributed by atoms with Crippen molar-refractivity contribution in [1.29, 1.82) is 0 Å². The lowest BCUT2D eigenvalue weighted by atomic mass is 9.79. The third-order valence-corrected chi connectivity index (χ3v) is 6.06. The average molecular weight is 426 g/mol. The second kappa shape index (κ2) is 9.22. The van der Waals surface area contributed by atoms with Crippen molar-refractivity contribution in [2.24, 2.45) is 11.1 Å². The molecule has 162 valence electrons. The molecule has 0 aliphatic carbocycles. The molecule has 0 radical (unpaired) electrons. The lowest BCUT2D eigenvalue weighted by Crippen LogP contribution is -2.57. The number of piperidine rings is 1. The SMILES string of the molecule is COc1ccc(C(=O)N2CCCC2C(=O)N2CCC(N)C(C)(C)C2)c(OC)c1.Cl. The van der Waals surface area contributed by atoms with Crippen LogP contribution < -0.4 is 15.2 Å². The first kappa shape index (κ1) is 23.3. The predicted octanol–water partition coefficient (Wildman–Crippen LogP) is 2.32. The lowest BCUT2D eigenvalue weighted by molar-refractivity contribution is -0.138. The molecule has 0 spiro atoms. The highest BCUT2D eigenvalue weighted by molar-refractivity contribution is 6.00. The van der Waals surface area contributed by atoms with Gasteiger partial charge in [0.2, 0.25) is 5.91 Å². The summed E-state index contributed by atoms with van der Waals surface area (Å²) in [6.45, 7) is 6.03. The van der Waals surface area contributed by atoms with Crippen molar-refractivity contribution in [3.63, 3.8) is 0 Å². The van der Waals surface area contributed by atoms with Gasteiger partial charge in [0.05, 0.1) is 19.8 Å². The maximum atomic E-state index is 13.2. The Balaban J connectivity index is 0.00000300. The molecule has 2 heterocycles. The summed E-state index contributed by atoms with van der Waals surface area (Å²) in [4.78, 5) is 30.0. The van der Waals surface area contributed by atoms with E-state index in [1.165, 1.54) is 7.11 Å². The van der Waals surface area contributed by atoms with E-state index in [1.807, 2.05) is 4.90 Å². The highest BCUT2D eigenvalue weighted by atomic mass is 35.5. The number of benzene rings is 1. The molecule has 0 bridgehead atoms. The number of nitrogens with zero attached hydrogens (tertiary/aromatic N) is 2. The molecule has 2 aliphatic heterocycles. The predicted molar refractivity (Wildman–Crippen MR) is 114 cm³/mol. The first-order valence-corrected chi connectivity index (χ1v) is 9.86. The van der Waals surface area contributed by atoms with E-state index >= 15 is 0 Å². The van der Waals surface area contributed by atoms with Crippen LogP contribution in [-0.4, -0.2) is 67.6 Å². The second-order valence-electron chi connectivity index (χ2n) is 8.37. The fraction of sp³-hybridized carbons (Fsp3) is 0.619. The molecule has 1 aromatic carbocycles. The molecule has 29 heavy (non-hydrogen) atoms. The molecule has 2 amide bonds. The van der Waals surface area contributed by atoms with Gasteiger partial charge in [0, 0.05) is 31.7 Å². The number of ether oxygens (including phenoxy) is 2. The summed E-state index contributed by atoms with van der Waals surface area (Å²) in [5, 5.41) is 0. The van der Waals surface area contributed by atoms with Gasteiger partial charge in [0.1, 0.15) is 17.5 Å². The Kier molecular flexibility index (Phi) is 7.40. The van der Waals surface area contributed by atoms with Crippen LogP contribution in [0.25, 0.3) is 0 Å². The third kappa shape index (κ3) is 4.61. The Morgan fingerprint density at radius 3 is 2.48 bits per heavy atom. The van der Waals surface area contributed by atoms with Gasteiger partial charge in [-0.3, -0.25) is 9.59 Å². The van der Waals surface area contributed by atoms with Gasteiger partial charge in [-0.2, -0.15) is 0 Å². The molecule has 0 aromatic heterocycles. The number of hydrogen-bond acceptors (Lipinski definition) is 5. The summed E-state index contributed by atoms with van der Waals surface area (Å²) in [5.41, 5.74) is 6.53. The smallest absolute Gasteiger partial charge is 0.258 e. The Bertz CT molecular complexity index is 755. The second-order valence-corrected chi connectivity index (χ2v) is 8.37. The molecule has 2 unspecified atom stereocenters. The number of likely N-dealkylation sites (tertiary alicyclic amines) is 2. The van der Waals surface area contributed by atoms with Crippen LogP contribution in [0.2, 0.25) is 0 Å². The topological polar surface area (TPSA) is 85.1 Å². The molecule has 2 N–H and O–H groups in total. The fourth-order valence-corrected chi connectivity index (χ4v) is 4.17. The van der Waals surface area contributed by atoms with E-state index in [1.54, 1.807) is 30.2 Å². The summed E-state index contributed by atoms with van der Waals surface area (Å²) >= 11 is 0. The van der Waals surface area contributed by atoms with Crippen LogP contribution in [0.4, 0.5) is 0 Å². The molecule has 8 heteroatoms. The van der Waals surface area contributed by atoms with E-state index in [2.05, 4.69) is 13.8 Å². The van der Waals surface area contributed by atoms with Gasteiger partial charge in [-0.1, -0.05) is 13.8 Å². The number of halogens is 1. The average Bonchev–Trinajstić information content (AvgIpc) is 3.18. The van der Waals surface area contributed by atoms with Gasteiger partial charge in [0.15, 0.2) is 0 Å². The van der Waals surface area contributed by atoms with E-state index in [9.17, 15) is 9.59 Å². The number of hydrogen-bond donors (Lipinski definition) is 1. The van der Waals surface area contributed by atoms with Crippen molar-refractivity contribution in [3.8, 4) is 11.5 Å². The maximum Gasteiger partial charge on any atom is 0.258 e. The number of methoxy groups -OCH3 is 2. The van der Waals surface area contributed by atoms with Crippen LogP contribution >= 0.6 is 12.4 Å². The summed E-state index contributed by atoms with van der Waals surface area (Å²) < 4.78 is 10.6. The fourth-order valence-electron chi connectivity index (χ4n) is 4.17. The van der Waals surface area contributed by atoms with E-state index in [-0.39, 0.29) is 35.7 Å². The number of rotatable bonds is 4. The Labute approximate surface area is 178 Å². The lowest BCUT2D eigenvalue weighted by Gasteiger charge is -2.44. The van der Waals surface area contributed by atoms with Crippen molar-refractivity contribution in [2.75, 3.05) is 33.9 Å². The zero-order chi connectivity index (χ0) is 20.5. The Morgan fingerprint density at radius 2 is 1.86 bits per heavy atom. The third-order valence-electron chi connectivity index (χ3n) is 6.06. The molecular formula is C21H32ClN3O4. The summed E-state index contributed by atoms with van der Waals surface area (Å²) in [7, 11) is 3.09. The molecule has 1 aromatic rings. The number of nitrogens with two attached hydrogens (primary N) is 1. The number of amides is 2. The highest BCUT2D eigenvalue weighted by Gasteiger charge is 2.41. The molecule has 2 saturated heterocycles. The molecular weight excluding hydrogens is 394 g/mol. The van der Waals surface area contributed by atoms with Crippen molar-refractivity contribution >= 4 is 24.2 Å². The summed E-state index contributed by atoms with van der Waals surface area (Å²) in [6, 6.07) is 4.78. The van der Waals surface area contributed by atoms with E-state index in [0.29, 0.717) is 43.1 Å². The van der Waals surface area contributed by atoms with Crippen molar-refractivity contribution in [1.82, 2.24) is 9.80 Å². The van der Waals surface area contributed by atoms with Crippen LogP contribution in [0.3, 0.4) is 0 Å². The van der Waals surface area contributed by atoms with Crippen molar-refractivity contribution in [3.05, 3.63) is 23.8 Å². The largest absolute Gasteiger partial charge is 0.497 e. The normalized spacial score (nSPS) is 23.3. The minimum absolute atomic E-state index is 0. The van der Waals surface area contributed by atoms with Crippen LogP contribution in [0.1, 0.15) is 43.5 Å². The minimum atomic E-state index is -0.426. The van der Waals surface area contributed by atoms with Crippen LogP contribution in [0.5, 0.6) is 11.5 Å². The van der Waals surface area contributed by atoms with Crippen molar-refractivity contribution < 1.29 is 19.1 Å². The minimum Gasteiger partial charge on any atom is -0.497 e. The standard InChI is InChI=1S/C21H31N3O4.ClH/c1-21(2)13-23(11-9-18(21)22)20(26)16-6-5-10-24(16)19(25)15-8-7-14(27-3)12-17(15)28-4;/h7-8,12,16,18H,5-6,9-11,13,22H2,1-4H3;1H. The molecule has 7 nitrogen and oxygen atoms in total. The molecule has 0 saturated carbocycles. The van der Waals surface area contributed by atoms with Gasteiger partial charge in [-0.05, 0) is 36.8 Å². The highest BCUT2D eigenvalue weighted by Crippen LogP contribution is 2.32. The molecule has 2 fully saturated rings. The van der Waals surface area contributed by atoms with Gasteiger partial charge in [0.25, 0.3) is 5.91 Å². The zero-order valence-electron chi connectivity index (χ0n) is 17.6. The zero-order valence-corrected chi connectivity index (χ0v) is 18.5. The van der Waals surface area contributed by atoms with Crippen molar-refractivity contribution in [2.45, 2.75) is 45.2 Å². The van der Waals surface area contributed by atoms with Gasteiger partial charge in [-0.25, -0.2) is 0 Å². The van der Waals surface area contributed by atoms with E-state index in [4.69, 9.17) is 15.2 Å². The quantitative estimate of drug-likeness (QED) is 0.800. The summed E-state index contributed by atoms with van der Waals surface area (Å²) in [6.07, 6.45) is 2.29. The molecule has 2 atom stereocenters. The van der Waals surface area contributed by atoms with Gasteiger partial charge >= 0.3 is 0 Å². The van der Waals surface area contributed by atoms with Gasteiger partial charge < -0.3 is 25.0 Å². The first-order chi connectivity index (χ1) is 13.3. The van der Waals surface area contributed by atoms with Crippen LogP contribution in [0, 0.1) is 5.41 Å². The number of carbonyl (C=O) groups excluding carboxylic acids is 2. The number of carbonyl (C=O) groups is 2. The van der Waals surface area contributed by atoms with E-state index < -0.39 is 6.04 Å².